The lowest BCUT2D eigenvalue weighted by atomic mass is 9.58. The zero-order chi connectivity index (χ0) is 21.3. The molecular formula is C25H31N5S. The van der Waals surface area contributed by atoms with Crippen LogP contribution in [0.3, 0.4) is 0 Å². The first-order valence-electron chi connectivity index (χ1n) is 11.6. The molecule has 0 unspecified atom stereocenters. The van der Waals surface area contributed by atoms with Gasteiger partial charge in [0.25, 0.3) is 0 Å². The predicted octanol–water partition coefficient (Wildman–Crippen LogP) is 5.93. The molecule has 0 radical (unpaired) electrons. The molecule has 5 nitrogen and oxygen atoms in total. The number of rotatable bonds is 3. The smallest absolute Gasteiger partial charge is 0.158 e. The molecule has 6 heteroatoms. The molecule has 2 aliphatic rings. The topological polar surface area (TPSA) is 58.0 Å². The van der Waals surface area contributed by atoms with Gasteiger partial charge in [0, 0.05) is 28.6 Å². The number of hydrogen-bond donors (Lipinski definition) is 2. The molecular weight excluding hydrogens is 402 g/mol. The summed E-state index contributed by atoms with van der Waals surface area (Å²) >= 11 is 2.00. The molecule has 1 saturated heterocycles. The van der Waals surface area contributed by atoms with Gasteiger partial charge in [-0.15, -0.1) is 11.3 Å². The Bertz CT molecular complexity index is 1280. The van der Waals surface area contributed by atoms with Gasteiger partial charge in [-0.1, -0.05) is 13.8 Å². The monoisotopic (exact) mass is 433 g/mol. The highest BCUT2D eigenvalue weighted by molar-refractivity contribution is 7.19. The highest BCUT2D eigenvalue weighted by atomic mass is 32.1. The van der Waals surface area contributed by atoms with Crippen LogP contribution < -0.4 is 5.32 Å². The molecule has 1 spiro atoms. The second-order valence-corrected chi connectivity index (χ2v) is 11.2. The molecule has 0 bridgehead atoms. The largest absolute Gasteiger partial charge is 0.346 e. The summed E-state index contributed by atoms with van der Waals surface area (Å²) in [5.41, 5.74) is 8.05. The Morgan fingerprint density at radius 2 is 2.10 bits per heavy atom. The van der Waals surface area contributed by atoms with Crippen molar-refractivity contribution in [1.82, 2.24) is 24.9 Å². The van der Waals surface area contributed by atoms with E-state index in [2.05, 4.69) is 60.3 Å². The molecule has 6 rings (SSSR count). The van der Waals surface area contributed by atoms with Crippen molar-refractivity contribution in [2.24, 2.45) is 5.41 Å². The lowest BCUT2D eigenvalue weighted by Crippen LogP contribution is -2.47. The van der Waals surface area contributed by atoms with Gasteiger partial charge in [0.1, 0.15) is 11.2 Å². The molecule has 0 amide bonds. The van der Waals surface area contributed by atoms with Gasteiger partial charge in [-0.3, -0.25) is 0 Å². The highest BCUT2D eigenvalue weighted by Crippen LogP contribution is 2.57. The molecule has 2 fully saturated rings. The van der Waals surface area contributed by atoms with Gasteiger partial charge in [-0.2, -0.15) is 5.10 Å². The van der Waals surface area contributed by atoms with E-state index in [1.807, 2.05) is 15.9 Å². The lowest BCUT2D eigenvalue weighted by molar-refractivity contribution is 0.0685. The summed E-state index contributed by atoms with van der Waals surface area (Å²) in [5, 5.41) is 9.48. The summed E-state index contributed by atoms with van der Waals surface area (Å²) in [6.45, 7) is 11.5. The second-order valence-electron chi connectivity index (χ2n) is 10.2. The summed E-state index contributed by atoms with van der Waals surface area (Å²) in [4.78, 5) is 11.2. The summed E-state index contributed by atoms with van der Waals surface area (Å²) in [7, 11) is 0. The van der Waals surface area contributed by atoms with Crippen LogP contribution in [0.15, 0.2) is 18.6 Å². The Labute approximate surface area is 187 Å². The molecule has 0 atom stereocenters. The average Bonchev–Trinajstić information content (AvgIpc) is 3.41. The average molecular weight is 434 g/mol. The number of nitrogens with zero attached hydrogens (tertiary/aromatic N) is 3. The number of H-pyrrole nitrogens is 1. The van der Waals surface area contributed by atoms with Gasteiger partial charge < -0.3 is 10.3 Å². The molecule has 4 aromatic heterocycles. The molecule has 2 N–H and O–H groups in total. The molecule has 1 aliphatic carbocycles. The van der Waals surface area contributed by atoms with Crippen LogP contribution in [0.1, 0.15) is 72.9 Å². The molecule has 0 aromatic carbocycles. The van der Waals surface area contributed by atoms with Gasteiger partial charge in [0.05, 0.1) is 5.69 Å². The maximum Gasteiger partial charge on any atom is 0.158 e. The van der Waals surface area contributed by atoms with E-state index in [-0.39, 0.29) is 0 Å². The zero-order valence-corrected chi connectivity index (χ0v) is 19.7. The van der Waals surface area contributed by atoms with Crippen molar-refractivity contribution in [3.8, 4) is 11.3 Å². The van der Waals surface area contributed by atoms with Crippen LogP contribution in [0, 0.1) is 19.3 Å². The number of aryl methyl sites for hydroxylation is 2. The Morgan fingerprint density at radius 1 is 1.26 bits per heavy atom. The van der Waals surface area contributed by atoms with Gasteiger partial charge in [-0.25, -0.2) is 9.50 Å². The van der Waals surface area contributed by atoms with E-state index in [9.17, 15) is 0 Å². The van der Waals surface area contributed by atoms with E-state index in [1.165, 1.54) is 71.4 Å². The van der Waals surface area contributed by atoms with Crippen LogP contribution in [0.2, 0.25) is 0 Å². The maximum atomic E-state index is 4.39. The molecule has 5 heterocycles. The normalized spacial score (nSPS) is 24.0. The minimum atomic E-state index is 0.451. The van der Waals surface area contributed by atoms with E-state index in [4.69, 9.17) is 0 Å². The van der Waals surface area contributed by atoms with Crippen LogP contribution in [0.5, 0.6) is 0 Å². The van der Waals surface area contributed by atoms with Gasteiger partial charge in [-0.05, 0) is 86.1 Å². The van der Waals surface area contributed by atoms with Crippen molar-refractivity contribution in [3.63, 3.8) is 0 Å². The summed E-state index contributed by atoms with van der Waals surface area (Å²) in [5.74, 6) is 1.19. The quantitative estimate of drug-likeness (QED) is 0.421. The Balaban J connectivity index is 1.42. The van der Waals surface area contributed by atoms with Gasteiger partial charge in [0.15, 0.2) is 5.65 Å². The number of thiophene rings is 1. The molecule has 1 saturated carbocycles. The summed E-state index contributed by atoms with van der Waals surface area (Å²) in [6, 6.07) is 2.24. The fourth-order valence-corrected chi connectivity index (χ4v) is 7.55. The Morgan fingerprint density at radius 3 is 2.84 bits per heavy atom. The van der Waals surface area contributed by atoms with E-state index in [1.54, 1.807) is 11.2 Å². The summed E-state index contributed by atoms with van der Waals surface area (Å²) < 4.78 is 1.90. The minimum absolute atomic E-state index is 0.451. The van der Waals surface area contributed by atoms with Crippen molar-refractivity contribution in [2.45, 2.75) is 65.2 Å². The van der Waals surface area contributed by atoms with Crippen molar-refractivity contribution in [1.29, 1.82) is 0 Å². The molecule has 1 aliphatic heterocycles. The third-order valence-electron chi connectivity index (χ3n) is 7.68. The van der Waals surface area contributed by atoms with Crippen LogP contribution in [-0.4, -0.2) is 32.7 Å². The number of hydrogen-bond acceptors (Lipinski definition) is 4. The third-order valence-corrected chi connectivity index (χ3v) is 9.05. The van der Waals surface area contributed by atoms with Crippen LogP contribution >= 0.6 is 11.3 Å². The van der Waals surface area contributed by atoms with E-state index in [0.717, 1.165) is 17.1 Å². The number of aromatic nitrogens is 4. The first kappa shape index (κ1) is 19.5. The Kier molecular flexibility index (Phi) is 4.35. The first-order chi connectivity index (χ1) is 15.0. The number of nitrogens with one attached hydrogen (secondary N) is 2. The van der Waals surface area contributed by atoms with Crippen molar-refractivity contribution in [2.75, 3.05) is 13.1 Å². The fraction of sp³-hybridized carbons (Fsp3) is 0.520. The van der Waals surface area contributed by atoms with Crippen LogP contribution in [0.25, 0.3) is 27.1 Å². The van der Waals surface area contributed by atoms with Crippen molar-refractivity contribution in [3.05, 3.63) is 40.2 Å². The predicted molar refractivity (Wildman–Crippen MR) is 128 cm³/mol. The fourth-order valence-electron chi connectivity index (χ4n) is 6.22. The Hall–Kier alpha value is -2.18. The number of aromatic amines is 1. The first-order valence-corrected chi connectivity index (χ1v) is 12.4. The molecule has 31 heavy (non-hydrogen) atoms. The number of piperidine rings is 1. The second kappa shape index (κ2) is 6.91. The minimum Gasteiger partial charge on any atom is -0.346 e. The summed E-state index contributed by atoms with van der Waals surface area (Å²) in [6.07, 6.45) is 9.20. The molecule has 162 valence electrons. The van der Waals surface area contributed by atoms with Crippen LogP contribution in [-0.2, 0) is 0 Å². The van der Waals surface area contributed by atoms with Crippen molar-refractivity contribution >= 4 is 27.2 Å². The van der Waals surface area contributed by atoms with E-state index in [0.29, 0.717) is 11.3 Å². The highest BCUT2D eigenvalue weighted by Gasteiger charge is 2.46. The van der Waals surface area contributed by atoms with E-state index < -0.39 is 0 Å². The van der Waals surface area contributed by atoms with Crippen LogP contribution in [0.4, 0.5) is 0 Å². The van der Waals surface area contributed by atoms with Crippen molar-refractivity contribution < 1.29 is 0 Å². The zero-order valence-electron chi connectivity index (χ0n) is 18.9. The number of pyridine rings is 1. The van der Waals surface area contributed by atoms with Gasteiger partial charge in [0.2, 0.25) is 0 Å². The van der Waals surface area contributed by atoms with Gasteiger partial charge >= 0.3 is 0 Å². The third kappa shape index (κ3) is 2.91. The molecule has 4 aromatic rings. The van der Waals surface area contributed by atoms with E-state index >= 15 is 0 Å². The lowest BCUT2D eigenvalue weighted by Gasteiger charge is -2.50. The number of fused-ring (bicyclic) bond motifs is 2. The standard InChI is InChI=1S/C25H31N5S/c1-14(2)19-20-16(4)22(18-9-25(10-18)6-5-7-26-12-25)31-24(20)29-21(19)17-8-15(3)23-27-13-28-30(23)11-17/h8,11,13-14,18,26,29H,5-7,9-10,12H2,1-4H3. The SMILES string of the molecule is Cc1c(C2CC3(CCCNC3)C2)sc2[nH]c(-c3cc(C)c4ncnn4c3)c(C(C)C)c12. The maximum absolute atomic E-state index is 4.39.